The molecule has 3 aromatic carbocycles. The number of aromatic nitrogens is 1. The first-order valence-corrected chi connectivity index (χ1v) is 13.5. The van der Waals surface area contributed by atoms with Gasteiger partial charge in [0.05, 0.1) is 29.0 Å². The molecule has 1 atom stereocenters. The number of hydrogen-bond donors (Lipinski definition) is 0. The van der Waals surface area contributed by atoms with Crippen LogP contribution in [0.2, 0.25) is 0 Å². The quantitative estimate of drug-likeness (QED) is 0.225. The minimum Gasteiger partial charge on any atom is -0.497 e. The molecule has 0 N–H and O–H groups in total. The van der Waals surface area contributed by atoms with Crippen LogP contribution >= 0.6 is 11.3 Å². The number of carbonyl (C=O) groups is 1. The van der Waals surface area contributed by atoms with Crippen molar-refractivity contribution in [2.24, 2.45) is 4.99 Å². The maximum atomic E-state index is 13.8. The highest BCUT2D eigenvalue weighted by atomic mass is 32.1. The molecule has 0 radical (unpaired) electrons. The van der Waals surface area contributed by atoms with Crippen LogP contribution < -0.4 is 24.4 Å². The van der Waals surface area contributed by atoms with Crippen LogP contribution in [0.25, 0.3) is 6.08 Å². The van der Waals surface area contributed by atoms with Crippen molar-refractivity contribution in [1.29, 1.82) is 0 Å². The van der Waals surface area contributed by atoms with Gasteiger partial charge < -0.3 is 14.2 Å². The summed E-state index contributed by atoms with van der Waals surface area (Å²) in [6.45, 7) is 5.91. The third kappa shape index (κ3) is 5.67. The zero-order valence-electron chi connectivity index (χ0n) is 22.2. The fraction of sp³-hybridized carbons (Fsp3) is 0.156. The maximum Gasteiger partial charge on any atom is 0.338 e. The van der Waals surface area contributed by atoms with Gasteiger partial charge in [-0.25, -0.2) is 9.79 Å². The molecule has 1 aromatic heterocycles. The van der Waals surface area contributed by atoms with Gasteiger partial charge in [0, 0.05) is 0 Å². The molecular formula is C32H28N2O5S. The van der Waals surface area contributed by atoms with Gasteiger partial charge in [-0.15, -0.1) is 0 Å². The summed E-state index contributed by atoms with van der Waals surface area (Å²) in [6, 6.07) is 24.1. The number of carbonyl (C=O) groups excluding carboxylic acids is 1. The number of fused-ring (bicyclic) bond motifs is 1. The largest absolute Gasteiger partial charge is 0.497 e. The van der Waals surface area contributed by atoms with Crippen LogP contribution in [0.3, 0.4) is 0 Å². The average Bonchev–Trinajstić information content (AvgIpc) is 3.29. The normalized spacial score (nSPS) is 14.8. The molecule has 1 aliphatic heterocycles. The minimum absolute atomic E-state index is 0.0560. The Hall–Kier alpha value is -4.69. The van der Waals surface area contributed by atoms with E-state index >= 15 is 0 Å². The fourth-order valence-electron chi connectivity index (χ4n) is 4.45. The summed E-state index contributed by atoms with van der Waals surface area (Å²) < 4.78 is 18.6. The molecule has 40 heavy (non-hydrogen) atoms. The average molecular weight is 553 g/mol. The van der Waals surface area contributed by atoms with E-state index in [1.807, 2.05) is 72.8 Å². The number of thiazole rings is 1. The fourth-order valence-corrected chi connectivity index (χ4v) is 5.50. The molecular weight excluding hydrogens is 524 g/mol. The van der Waals surface area contributed by atoms with Crippen molar-refractivity contribution in [2.75, 3.05) is 13.7 Å². The van der Waals surface area contributed by atoms with Crippen molar-refractivity contribution < 1.29 is 19.0 Å². The van der Waals surface area contributed by atoms with E-state index in [-0.39, 0.29) is 12.2 Å². The van der Waals surface area contributed by atoms with Crippen molar-refractivity contribution in [1.82, 2.24) is 4.57 Å². The number of hydrogen-bond acceptors (Lipinski definition) is 7. The Bertz CT molecular complexity index is 1730. The van der Waals surface area contributed by atoms with Crippen molar-refractivity contribution in [2.45, 2.75) is 19.6 Å². The Balaban J connectivity index is 1.50. The molecule has 2 heterocycles. The molecule has 8 heteroatoms. The highest BCUT2D eigenvalue weighted by Gasteiger charge is 2.33. The third-order valence-corrected chi connectivity index (χ3v) is 7.41. The van der Waals surface area contributed by atoms with Crippen molar-refractivity contribution in [3.63, 3.8) is 0 Å². The first kappa shape index (κ1) is 26.9. The molecule has 0 aliphatic carbocycles. The predicted molar refractivity (Wildman–Crippen MR) is 155 cm³/mol. The van der Waals surface area contributed by atoms with Crippen LogP contribution in [-0.2, 0) is 16.1 Å². The monoisotopic (exact) mass is 552 g/mol. The highest BCUT2D eigenvalue weighted by molar-refractivity contribution is 7.07. The van der Waals surface area contributed by atoms with Crippen LogP contribution in [-0.4, -0.2) is 24.3 Å². The first-order valence-electron chi connectivity index (χ1n) is 12.7. The second-order valence-electron chi connectivity index (χ2n) is 9.09. The van der Waals surface area contributed by atoms with Crippen molar-refractivity contribution in [3.8, 4) is 11.5 Å². The first-order chi connectivity index (χ1) is 19.5. The molecule has 202 valence electrons. The van der Waals surface area contributed by atoms with Gasteiger partial charge in [-0.05, 0) is 54.0 Å². The van der Waals surface area contributed by atoms with E-state index in [1.54, 1.807) is 30.7 Å². The molecule has 4 aromatic rings. The Morgan fingerprint density at radius 1 is 1.02 bits per heavy atom. The molecule has 0 spiro atoms. The summed E-state index contributed by atoms with van der Waals surface area (Å²) in [7, 11) is 1.59. The molecule has 0 fully saturated rings. The number of allylic oxidation sites excluding steroid dienone is 1. The summed E-state index contributed by atoms with van der Waals surface area (Å²) in [5.41, 5.74) is 3.25. The minimum atomic E-state index is -0.699. The number of methoxy groups -OCH3 is 1. The highest BCUT2D eigenvalue weighted by Crippen LogP contribution is 2.31. The van der Waals surface area contributed by atoms with Gasteiger partial charge in [0.1, 0.15) is 24.7 Å². The molecule has 0 amide bonds. The molecule has 0 saturated heterocycles. The number of ether oxygens (including phenoxy) is 3. The maximum absolute atomic E-state index is 13.8. The van der Waals surface area contributed by atoms with Crippen LogP contribution in [0.1, 0.15) is 29.7 Å². The van der Waals surface area contributed by atoms with Gasteiger partial charge in [-0.3, -0.25) is 9.36 Å². The second kappa shape index (κ2) is 12.0. The van der Waals surface area contributed by atoms with E-state index in [0.29, 0.717) is 33.0 Å². The summed E-state index contributed by atoms with van der Waals surface area (Å²) in [4.78, 5) is 32.0. The number of esters is 1. The van der Waals surface area contributed by atoms with E-state index in [2.05, 4.69) is 11.6 Å². The van der Waals surface area contributed by atoms with Crippen LogP contribution in [0.15, 0.2) is 113 Å². The van der Waals surface area contributed by atoms with Crippen molar-refractivity contribution >= 4 is 23.4 Å². The summed E-state index contributed by atoms with van der Waals surface area (Å²) in [5, 5.41) is 0. The van der Waals surface area contributed by atoms with Crippen LogP contribution in [0.5, 0.6) is 11.5 Å². The summed E-state index contributed by atoms with van der Waals surface area (Å²) in [5.74, 6) is 0.867. The molecule has 0 unspecified atom stereocenters. The van der Waals surface area contributed by atoms with Gasteiger partial charge in [-0.1, -0.05) is 78.6 Å². The number of nitrogens with zero attached hydrogens (tertiary/aromatic N) is 2. The number of benzene rings is 3. The molecule has 0 bridgehead atoms. The Morgan fingerprint density at radius 2 is 1.73 bits per heavy atom. The topological polar surface area (TPSA) is 79.1 Å². The zero-order chi connectivity index (χ0) is 28.1. The van der Waals surface area contributed by atoms with Gasteiger partial charge >= 0.3 is 5.97 Å². The van der Waals surface area contributed by atoms with E-state index in [0.717, 1.165) is 22.4 Å². The smallest absolute Gasteiger partial charge is 0.338 e. The lowest BCUT2D eigenvalue weighted by atomic mass is 9.96. The molecule has 1 aliphatic rings. The standard InChI is InChI=1S/C32H28N2O5S/c1-4-18-38-31(36)28-21(2)33-32-34(29(28)24-12-16-25(37-3)17-13-24)30(35)27(40-32)19-22-10-14-26(15-11-22)39-20-23-8-6-5-7-9-23/h4-17,19,29H,1,18,20H2,2-3H3/b27-19-/t29-/m1/s1. The molecule has 5 rings (SSSR count). The Kier molecular flexibility index (Phi) is 8.07. The van der Waals surface area contributed by atoms with Gasteiger partial charge in [0.15, 0.2) is 4.80 Å². The van der Waals surface area contributed by atoms with Gasteiger partial charge in [0.2, 0.25) is 0 Å². The lowest BCUT2D eigenvalue weighted by Gasteiger charge is -2.24. The summed E-state index contributed by atoms with van der Waals surface area (Å²) in [6.07, 6.45) is 3.33. The van der Waals surface area contributed by atoms with Crippen LogP contribution in [0.4, 0.5) is 0 Å². The lowest BCUT2D eigenvalue weighted by Crippen LogP contribution is -2.39. The van der Waals surface area contributed by atoms with E-state index in [9.17, 15) is 9.59 Å². The lowest BCUT2D eigenvalue weighted by molar-refractivity contribution is -0.138. The predicted octanol–water partition coefficient (Wildman–Crippen LogP) is 4.55. The molecule has 7 nitrogen and oxygen atoms in total. The van der Waals surface area contributed by atoms with E-state index < -0.39 is 12.0 Å². The van der Waals surface area contributed by atoms with E-state index in [4.69, 9.17) is 14.2 Å². The van der Waals surface area contributed by atoms with Crippen molar-refractivity contribution in [3.05, 3.63) is 139 Å². The van der Waals surface area contributed by atoms with Gasteiger partial charge in [-0.2, -0.15) is 0 Å². The molecule has 0 saturated carbocycles. The Labute approximate surface area is 235 Å². The van der Waals surface area contributed by atoms with Gasteiger partial charge in [0.25, 0.3) is 5.56 Å². The second-order valence-corrected chi connectivity index (χ2v) is 10.1. The Morgan fingerprint density at radius 3 is 2.40 bits per heavy atom. The zero-order valence-corrected chi connectivity index (χ0v) is 23.0. The number of rotatable bonds is 9. The van der Waals surface area contributed by atoms with E-state index in [1.165, 1.54) is 17.4 Å². The van der Waals surface area contributed by atoms with Crippen LogP contribution in [0, 0.1) is 0 Å². The SMILES string of the molecule is C=CCOC(=O)C1=C(C)N=c2s/c(=C\c3ccc(OCc4ccccc4)cc3)c(=O)n2[C@@H]1c1ccc(OC)cc1. The summed E-state index contributed by atoms with van der Waals surface area (Å²) >= 11 is 1.28. The third-order valence-electron chi connectivity index (χ3n) is 6.43.